The first-order valence-corrected chi connectivity index (χ1v) is 9.69. The van der Waals surface area contributed by atoms with Gasteiger partial charge in [-0.05, 0) is 30.9 Å². The van der Waals surface area contributed by atoms with E-state index in [9.17, 15) is 4.57 Å². The second-order valence-corrected chi connectivity index (χ2v) is 7.24. The lowest BCUT2D eigenvalue weighted by Crippen LogP contribution is -2.16. The summed E-state index contributed by atoms with van der Waals surface area (Å²) in [6, 6.07) is 7.81. The zero-order valence-corrected chi connectivity index (χ0v) is 14.5. The van der Waals surface area contributed by atoms with Crippen molar-refractivity contribution in [3.05, 3.63) is 29.8 Å². The average Bonchev–Trinajstić information content (AvgIpc) is 2.49. The lowest BCUT2D eigenvalue weighted by atomic mass is 10.1. The molecule has 1 aromatic carbocycles. The highest BCUT2D eigenvalue weighted by Gasteiger charge is 2.29. The van der Waals surface area contributed by atoms with E-state index in [-0.39, 0.29) is 0 Å². The van der Waals surface area contributed by atoms with Crippen LogP contribution in [0.25, 0.3) is 0 Å². The molecule has 0 spiro atoms. The van der Waals surface area contributed by atoms with Crippen LogP contribution in [-0.2, 0) is 20.0 Å². The smallest absolute Gasteiger partial charge is 0.305 e. The molecule has 0 fully saturated rings. The van der Waals surface area contributed by atoms with E-state index in [1.165, 1.54) is 0 Å². The Bertz CT molecular complexity index is 431. The second-order valence-electron chi connectivity index (χ2n) is 5.25. The average molecular weight is 312 g/mol. The van der Waals surface area contributed by atoms with Gasteiger partial charge in [0.15, 0.2) is 0 Å². The minimum atomic E-state index is -3.20. The fraction of sp³-hybridized carbons (Fsp3) is 0.647. The van der Waals surface area contributed by atoms with Gasteiger partial charge in [0.1, 0.15) is 0 Å². The summed E-state index contributed by atoms with van der Waals surface area (Å²) in [4.78, 5) is 0. The predicted molar refractivity (Wildman–Crippen MR) is 89.4 cm³/mol. The lowest BCUT2D eigenvalue weighted by Gasteiger charge is -2.21. The summed E-state index contributed by atoms with van der Waals surface area (Å²) in [5.74, 6) is 0. The van der Waals surface area contributed by atoms with Crippen molar-refractivity contribution in [2.75, 3.05) is 13.2 Å². The van der Waals surface area contributed by atoms with Gasteiger partial charge >= 0.3 is 7.60 Å². The number of unbranched alkanes of at least 4 members (excludes halogenated alkanes) is 2. The van der Waals surface area contributed by atoms with E-state index >= 15 is 0 Å². The van der Waals surface area contributed by atoms with Crippen LogP contribution in [0, 0.1) is 0 Å². The van der Waals surface area contributed by atoms with Crippen molar-refractivity contribution in [3.63, 3.8) is 0 Å². The summed E-state index contributed by atoms with van der Waals surface area (Å²) in [5, 5.41) is 0.749. The van der Waals surface area contributed by atoms with Gasteiger partial charge in [-0.25, -0.2) is 0 Å². The molecule has 0 aliphatic heterocycles. The Morgan fingerprint density at radius 2 is 1.48 bits per heavy atom. The van der Waals surface area contributed by atoms with E-state index in [4.69, 9.17) is 9.05 Å². The van der Waals surface area contributed by atoms with Gasteiger partial charge in [-0.15, -0.1) is 0 Å². The zero-order chi connectivity index (χ0) is 15.6. The SMILES string of the molecule is CCCCOP(=O)(OCCCC)c1ccccc1CCC. The first-order chi connectivity index (χ1) is 10.2. The molecule has 0 saturated heterocycles. The molecule has 0 radical (unpaired) electrons. The summed E-state index contributed by atoms with van der Waals surface area (Å²) >= 11 is 0. The third-order valence-electron chi connectivity index (χ3n) is 3.32. The Balaban J connectivity index is 2.95. The number of rotatable bonds is 11. The van der Waals surface area contributed by atoms with E-state index in [0.717, 1.165) is 49.4 Å². The van der Waals surface area contributed by atoms with E-state index in [2.05, 4.69) is 20.8 Å². The third-order valence-corrected chi connectivity index (χ3v) is 5.40. The van der Waals surface area contributed by atoms with Crippen LogP contribution in [0.3, 0.4) is 0 Å². The van der Waals surface area contributed by atoms with E-state index in [0.29, 0.717) is 13.2 Å². The predicted octanol–water partition coefficient (Wildman–Crippen LogP) is 5.09. The fourth-order valence-electron chi connectivity index (χ4n) is 2.09. The van der Waals surface area contributed by atoms with Crippen molar-refractivity contribution < 1.29 is 13.6 Å². The zero-order valence-electron chi connectivity index (χ0n) is 13.6. The molecule has 0 saturated carbocycles. The summed E-state index contributed by atoms with van der Waals surface area (Å²) < 4.78 is 24.7. The maximum atomic E-state index is 13.2. The largest absolute Gasteiger partial charge is 0.361 e. The Morgan fingerprint density at radius 1 is 0.905 bits per heavy atom. The first-order valence-electron chi connectivity index (χ1n) is 8.15. The maximum Gasteiger partial charge on any atom is 0.361 e. The van der Waals surface area contributed by atoms with Crippen LogP contribution in [0.1, 0.15) is 58.4 Å². The monoisotopic (exact) mass is 312 g/mol. The number of aryl methyl sites for hydroxylation is 1. The normalized spacial score (nSPS) is 11.8. The summed E-state index contributed by atoms with van der Waals surface area (Å²) in [7, 11) is -3.20. The number of hydrogen-bond donors (Lipinski definition) is 0. The van der Waals surface area contributed by atoms with Crippen LogP contribution >= 0.6 is 7.60 Å². The maximum absolute atomic E-state index is 13.2. The van der Waals surface area contributed by atoms with Gasteiger partial charge in [-0.2, -0.15) is 0 Å². The Morgan fingerprint density at radius 3 is 2.00 bits per heavy atom. The molecular formula is C17H29O3P. The van der Waals surface area contributed by atoms with Gasteiger partial charge in [0.05, 0.1) is 18.5 Å². The van der Waals surface area contributed by atoms with Crippen LogP contribution < -0.4 is 5.30 Å². The van der Waals surface area contributed by atoms with Crippen molar-refractivity contribution in [1.29, 1.82) is 0 Å². The minimum Gasteiger partial charge on any atom is -0.305 e. The summed E-state index contributed by atoms with van der Waals surface area (Å²) in [5.41, 5.74) is 1.08. The molecule has 21 heavy (non-hydrogen) atoms. The molecule has 0 amide bonds. The second kappa shape index (κ2) is 10.2. The van der Waals surface area contributed by atoms with Gasteiger partial charge < -0.3 is 9.05 Å². The van der Waals surface area contributed by atoms with Crippen molar-refractivity contribution in [1.82, 2.24) is 0 Å². The van der Waals surface area contributed by atoms with E-state index in [1.807, 2.05) is 24.3 Å². The van der Waals surface area contributed by atoms with Gasteiger partial charge in [0.2, 0.25) is 0 Å². The highest BCUT2D eigenvalue weighted by atomic mass is 31.2. The highest BCUT2D eigenvalue weighted by molar-refractivity contribution is 7.62. The van der Waals surface area contributed by atoms with Gasteiger partial charge in [0.25, 0.3) is 0 Å². The van der Waals surface area contributed by atoms with Crippen LogP contribution in [0.15, 0.2) is 24.3 Å². The van der Waals surface area contributed by atoms with E-state index < -0.39 is 7.60 Å². The lowest BCUT2D eigenvalue weighted by molar-refractivity contribution is 0.208. The van der Waals surface area contributed by atoms with Crippen LogP contribution in [0.5, 0.6) is 0 Å². The number of hydrogen-bond acceptors (Lipinski definition) is 3. The summed E-state index contributed by atoms with van der Waals surface area (Å²) in [6.07, 6.45) is 5.75. The molecule has 0 aliphatic carbocycles. The molecule has 0 aromatic heterocycles. The third kappa shape index (κ3) is 5.94. The van der Waals surface area contributed by atoms with Crippen molar-refractivity contribution in [2.24, 2.45) is 0 Å². The van der Waals surface area contributed by atoms with Crippen LogP contribution in [0.4, 0.5) is 0 Å². The minimum absolute atomic E-state index is 0.486. The Labute approximate surface area is 129 Å². The van der Waals surface area contributed by atoms with Gasteiger partial charge in [0, 0.05) is 0 Å². The Kier molecular flexibility index (Phi) is 8.91. The highest BCUT2D eigenvalue weighted by Crippen LogP contribution is 2.48. The molecule has 0 unspecified atom stereocenters. The molecule has 1 aromatic rings. The molecule has 0 N–H and O–H groups in total. The molecule has 0 atom stereocenters. The molecular weight excluding hydrogens is 283 g/mol. The van der Waals surface area contributed by atoms with Gasteiger partial charge in [-0.3, -0.25) is 4.57 Å². The fourth-order valence-corrected chi connectivity index (χ4v) is 3.99. The van der Waals surface area contributed by atoms with Crippen LogP contribution in [-0.4, -0.2) is 13.2 Å². The van der Waals surface area contributed by atoms with Crippen molar-refractivity contribution >= 4 is 12.9 Å². The molecule has 1 rings (SSSR count). The van der Waals surface area contributed by atoms with Crippen molar-refractivity contribution in [2.45, 2.75) is 59.3 Å². The molecule has 0 bridgehead atoms. The summed E-state index contributed by atoms with van der Waals surface area (Å²) in [6.45, 7) is 7.28. The quantitative estimate of drug-likeness (QED) is 0.422. The van der Waals surface area contributed by atoms with E-state index in [1.54, 1.807) is 0 Å². The number of benzene rings is 1. The van der Waals surface area contributed by atoms with Crippen LogP contribution in [0.2, 0.25) is 0 Å². The van der Waals surface area contributed by atoms with Crippen molar-refractivity contribution in [3.8, 4) is 0 Å². The Hall–Kier alpha value is -0.630. The molecule has 120 valence electrons. The molecule has 0 aliphatic rings. The topological polar surface area (TPSA) is 35.5 Å². The standard InChI is InChI=1S/C17H29O3P/c1-4-7-14-19-21(18,20-15-8-5-2)17-13-10-9-12-16(17)11-6-3/h9-10,12-13H,4-8,11,14-15H2,1-3H3. The van der Waals surface area contributed by atoms with Gasteiger partial charge in [-0.1, -0.05) is 58.2 Å². The molecule has 0 heterocycles. The molecule has 4 heteroatoms. The first kappa shape index (κ1) is 18.4. The molecule has 3 nitrogen and oxygen atoms in total.